The minimum atomic E-state index is 0. The lowest BCUT2D eigenvalue weighted by Gasteiger charge is -2.36. The van der Waals surface area contributed by atoms with Gasteiger partial charge in [-0.25, -0.2) is 0 Å². The number of hydrogen-bond acceptors (Lipinski definition) is 5. The third-order valence-corrected chi connectivity index (χ3v) is 6.97. The molecule has 1 aromatic heterocycles. The van der Waals surface area contributed by atoms with Crippen LogP contribution in [0.5, 0.6) is 5.75 Å². The fraction of sp³-hybridized carbons (Fsp3) is 0.417. The highest BCUT2D eigenvalue weighted by Crippen LogP contribution is 2.31. The molecule has 0 saturated carbocycles. The first-order chi connectivity index (χ1) is 14.4. The smallest absolute Gasteiger partial charge is 0.119 e. The van der Waals surface area contributed by atoms with Crippen LogP contribution in [0.1, 0.15) is 18.4 Å². The zero-order valence-electron chi connectivity index (χ0n) is 17.3. The summed E-state index contributed by atoms with van der Waals surface area (Å²) in [7, 11) is 0. The first-order valence-electron chi connectivity index (χ1n) is 10.8. The van der Waals surface area contributed by atoms with Crippen LogP contribution in [0, 0.1) is 0 Å². The second-order valence-corrected chi connectivity index (χ2v) is 8.94. The van der Waals surface area contributed by atoms with Crippen molar-refractivity contribution in [2.75, 3.05) is 56.1 Å². The Morgan fingerprint density at radius 2 is 1.93 bits per heavy atom. The molecule has 1 fully saturated rings. The van der Waals surface area contributed by atoms with Crippen LogP contribution in [0.2, 0.25) is 0 Å². The number of benzene rings is 2. The van der Waals surface area contributed by atoms with Gasteiger partial charge in [0, 0.05) is 60.7 Å². The number of piperazine rings is 1. The van der Waals surface area contributed by atoms with Gasteiger partial charge >= 0.3 is 0 Å². The van der Waals surface area contributed by atoms with Gasteiger partial charge in [0.15, 0.2) is 0 Å². The van der Waals surface area contributed by atoms with Gasteiger partial charge in [-0.2, -0.15) is 0 Å². The van der Waals surface area contributed by atoms with Crippen LogP contribution in [0.4, 0.5) is 11.4 Å². The van der Waals surface area contributed by atoms with Gasteiger partial charge in [-0.15, -0.1) is 23.7 Å². The molecule has 1 N–H and O–H groups in total. The summed E-state index contributed by atoms with van der Waals surface area (Å²) in [5, 5.41) is 7.06. The summed E-state index contributed by atoms with van der Waals surface area (Å²) in [6, 6.07) is 15.4. The zero-order chi connectivity index (χ0) is 19.5. The van der Waals surface area contributed by atoms with E-state index in [1.54, 1.807) is 0 Å². The second-order valence-electron chi connectivity index (χ2n) is 7.99. The lowest BCUT2D eigenvalue weighted by atomic mass is 10.0. The van der Waals surface area contributed by atoms with Crippen molar-refractivity contribution in [3.05, 3.63) is 53.4 Å². The summed E-state index contributed by atoms with van der Waals surface area (Å²) >= 11 is 1.83. The number of nitrogens with zero attached hydrogens (tertiary/aromatic N) is 2. The molecular formula is C24H30ClN3OS. The van der Waals surface area contributed by atoms with Gasteiger partial charge in [0.05, 0.1) is 6.61 Å². The van der Waals surface area contributed by atoms with Crippen molar-refractivity contribution in [3.8, 4) is 5.75 Å². The van der Waals surface area contributed by atoms with E-state index in [1.165, 1.54) is 33.4 Å². The molecule has 4 nitrogen and oxygen atoms in total. The van der Waals surface area contributed by atoms with E-state index in [4.69, 9.17) is 4.74 Å². The second kappa shape index (κ2) is 9.90. The molecule has 0 spiro atoms. The molecule has 0 atom stereocenters. The highest BCUT2D eigenvalue weighted by molar-refractivity contribution is 7.17. The predicted octanol–water partition coefficient (Wildman–Crippen LogP) is 5.27. The molecule has 160 valence electrons. The number of thiophene rings is 1. The van der Waals surface area contributed by atoms with Crippen LogP contribution < -0.4 is 15.0 Å². The maximum atomic E-state index is 6.03. The normalized spacial score (nSPS) is 16.6. The lowest BCUT2D eigenvalue weighted by Crippen LogP contribution is -2.46. The molecule has 2 aliphatic rings. The summed E-state index contributed by atoms with van der Waals surface area (Å²) < 4.78 is 7.42. The van der Waals surface area contributed by atoms with E-state index >= 15 is 0 Å². The molecule has 2 aromatic carbocycles. The van der Waals surface area contributed by atoms with Gasteiger partial charge in [0.1, 0.15) is 5.75 Å². The van der Waals surface area contributed by atoms with E-state index in [0.29, 0.717) is 0 Å². The van der Waals surface area contributed by atoms with Crippen molar-refractivity contribution in [2.45, 2.75) is 19.3 Å². The molecule has 2 aliphatic heterocycles. The van der Waals surface area contributed by atoms with Crippen LogP contribution in [0.25, 0.3) is 10.1 Å². The van der Waals surface area contributed by atoms with E-state index < -0.39 is 0 Å². The number of rotatable bonds is 6. The van der Waals surface area contributed by atoms with Gasteiger partial charge in [-0.3, -0.25) is 4.90 Å². The summed E-state index contributed by atoms with van der Waals surface area (Å²) in [5.41, 5.74) is 4.07. The summed E-state index contributed by atoms with van der Waals surface area (Å²) in [4.78, 5) is 5.12. The first kappa shape index (κ1) is 21.3. The minimum absolute atomic E-state index is 0. The third kappa shape index (κ3) is 4.69. The highest BCUT2D eigenvalue weighted by Gasteiger charge is 2.18. The Bertz CT molecular complexity index is 968. The maximum absolute atomic E-state index is 6.03. The molecule has 0 bridgehead atoms. The quantitative estimate of drug-likeness (QED) is 0.525. The lowest BCUT2D eigenvalue weighted by molar-refractivity contribution is 0.225. The van der Waals surface area contributed by atoms with Crippen molar-refractivity contribution in [1.82, 2.24) is 4.90 Å². The molecule has 3 heterocycles. The summed E-state index contributed by atoms with van der Waals surface area (Å²) in [6.45, 7) is 7.46. The molecule has 0 aliphatic carbocycles. The van der Waals surface area contributed by atoms with E-state index in [9.17, 15) is 0 Å². The number of ether oxygens (including phenoxy) is 1. The highest BCUT2D eigenvalue weighted by atomic mass is 35.5. The van der Waals surface area contributed by atoms with Crippen molar-refractivity contribution >= 4 is 45.2 Å². The van der Waals surface area contributed by atoms with Crippen LogP contribution in [0.15, 0.2) is 47.8 Å². The van der Waals surface area contributed by atoms with Crippen molar-refractivity contribution in [1.29, 1.82) is 0 Å². The molecule has 6 heteroatoms. The number of halogens is 1. The van der Waals surface area contributed by atoms with Gasteiger partial charge < -0.3 is 15.0 Å². The molecule has 0 unspecified atom stereocenters. The Balaban J connectivity index is 0.00000218. The Morgan fingerprint density at radius 3 is 2.83 bits per heavy atom. The molecule has 5 rings (SSSR count). The average molecular weight is 444 g/mol. The summed E-state index contributed by atoms with van der Waals surface area (Å²) in [6.07, 6.45) is 3.45. The first-order valence-corrected chi connectivity index (χ1v) is 11.7. The standard InChI is InChI=1S/C24H29N3OS.ClH/c1-5-23(21-9-17-29-24(21)6-1)27-14-12-26(13-15-27)11-3-16-28-20-7-8-22-19(18-20)4-2-10-25-22;/h1,5-9,17-18,25H,2-4,10-16H2;1H. The van der Waals surface area contributed by atoms with E-state index in [1.807, 2.05) is 11.3 Å². The number of aryl methyl sites for hydroxylation is 1. The Kier molecular flexibility index (Phi) is 7.03. The maximum Gasteiger partial charge on any atom is 0.119 e. The zero-order valence-corrected chi connectivity index (χ0v) is 18.9. The molecule has 3 aromatic rings. The van der Waals surface area contributed by atoms with Crippen molar-refractivity contribution < 1.29 is 4.74 Å². The number of anilines is 2. The van der Waals surface area contributed by atoms with Crippen molar-refractivity contribution in [3.63, 3.8) is 0 Å². The van der Waals surface area contributed by atoms with Crippen molar-refractivity contribution in [2.24, 2.45) is 0 Å². The Hall–Kier alpha value is -1.95. The molecule has 0 radical (unpaired) electrons. The van der Waals surface area contributed by atoms with E-state index in [2.05, 4.69) is 63.0 Å². The van der Waals surface area contributed by atoms with E-state index in [0.717, 1.165) is 64.5 Å². The van der Waals surface area contributed by atoms with E-state index in [-0.39, 0.29) is 12.4 Å². The van der Waals surface area contributed by atoms with Gasteiger partial charge in [0.2, 0.25) is 0 Å². The average Bonchev–Trinajstić information content (AvgIpc) is 3.26. The van der Waals surface area contributed by atoms with Gasteiger partial charge in [-0.1, -0.05) is 6.07 Å². The molecular weight excluding hydrogens is 414 g/mol. The van der Waals surface area contributed by atoms with Crippen LogP contribution in [-0.4, -0.2) is 50.8 Å². The van der Waals surface area contributed by atoms with Gasteiger partial charge in [0.25, 0.3) is 0 Å². The number of fused-ring (bicyclic) bond motifs is 2. The largest absolute Gasteiger partial charge is 0.494 e. The predicted molar refractivity (Wildman–Crippen MR) is 131 cm³/mol. The number of nitrogens with one attached hydrogen (secondary N) is 1. The third-order valence-electron chi connectivity index (χ3n) is 6.09. The Morgan fingerprint density at radius 1 is 1.03 bits per heavy atom. The fourth-order valence-corrected chi connectivity index (χ4v) is 5.29. The molecule has 0 amide bonds. The SMILES string of the molecule is Cl.c1cc(N2CCN(CCCOc3ccc4c(c3)CCCN4)CC2)c2ccsc2c1. The molecule has 1 saturated heterocycles. The van der Waals surface area contributed by atoms with Crippen LogP contribution in [0.3, 0.4) is 0 Å². The number of hydrogen-bond donors (Lipinski definition) is 1. The van der Waals surface area contributed by atoms with Crippen LogP contribution >= 0.6 is 23.7 Å². The topological polar surface area (TPSA) is 27.7 Å². The minimum Gasteiger partial charge on any atom is -0.494 e. The Labute approximate surface area is 189 Å². The monoisotopic (exact) mass is 443 g/mol. The summed E-state index contributed by atoms with van der Waals surface area (Å²) in [5.74, 6) is 1.01. The fourth-order valence-electron chi connectivity index (χ4n) is 4.49. The van der Waals surface area contributed by atoms with Crippen LogP contribution in [-0.2, 0) is 6.42 Å². The van der Waals surface area contributed by atoms with Gasteiger partial charge in [-0.05, 0) is 66.6 Å². The molecule has 30 heavy (non-hydrogen) atoms.